The van der Waals surface area contributed by atoms with Crippen LogP contribution in [0.5, 0.6) is 0 Å². The van der Waals surface area contributed by atoms with Crippen molar-refractivity contribution in [2.45, 2.75) is 38.5 Å². The van der Waals surface area contributed by atoms with E-state index in [1.54, 1.807) is 0 Å². The van der Waals surface area contributed by atoms with Crippen molar-refractivity contribution in [3.05, 3.63) is 40.7 Å². The first kappa shape index (κ1) is 16.9. The number of Topliss-reactive ketones (excluding diaryl/α,β-unsaturated/α-hetero) is 1. The number of amides is 1. The molecule has 3 aliphatic rings. The number of aryl methyl sites for hydroxylation is 1. The van der Waals surface area contributed by atoms with E-state index in [2.05, 4.69) is 5.32 Å². The van der Waals surface area contributed by atoms with Crippen LogP contribution < -0.4 is 5.32 Å². The van der Waals surface area contributed by atoms with Gasteiger partial charge in [0.1, 0.15) is 5.82 Å². The van der Waals surface area contributed by atoms with Crippen molar-refractivity contribution in [2.24, 2.45) is 11.8 Å². The zero-order valence-electron chi connectivity index (χ0n) is 14.3. The Balaban J connectivity index is 1.41. The van der Waals surface area contributed by atoms with E-state index >= 15 is 0 Å². The monoisotopic (exact) mass is 357 g/mol. The van der Waals surface area contributed by atoms with E-state index in [4.69, 9.17) is 4.74 Å². The number of carbonyl (C=O) groups excluding carboxylic acids is 3. The van der Waals surface area contributed by atoms with Gasteiger partial charge in [-0.15, -0.1) is 0 Å². The van der Waals surface area contributed by atoms with E-state index in [-0.39, 0.29) is 11.5 Å². The summed E-state index contributed by atoms with van der Waals surface area (Å²) in [6.45, 7) is -0.486. The highest BCUT2D eigenvalue weighted by molar-refractivity contribution is 6.00. The number of nitrogens with one attached hydrogen (secondary N) is 1. The normalized spacial score (nSPS) is 18.6. The van der Waals surface area contributed by atoms with Crippen molar-refractivity contribution in [1.82, 2.24) is 0 Å². The zero-order chi connectivity index (χ0) is 18.3. The van der Waals surface area contributed by atoms with Gasteiger partial charge in [0.2, 0.25) is 11.7 Å². The third-order valence-corrected chi connectivity index (χ3v) is 5.12. The molecule has 0 aromatic heterocycles. The van der Waals surface area contributed by atoms with Crippen LogP contribution in [0.2, 0.25) is 0 Å². The fraction of sp³-hybridized carbons (Fsp3) is 0.450. The average Bonchev–Trinajstić information content (AvgIpc) is 3.50. The zero-order valence-corrected chi connectivity index (χ0v) is 14.3. The third kappa shape index (κ3) is 3.69. The number of hydrogen-bond acceptors (Lipinski definition) is 4. The second kappa shape index (κ2) is 6.67. The Labute approximate surface area is 150 Å². The number of halogens is 1. The van der Waals surface area contributed by atoms with Gasteiger partial charge in [-0.05, 0) is 61.6 Å². The van der Waals surface area contributed by atoms with Crippen LogP contribution in [0.4, 0.5) is 10.1 Å². The standard InChI is InChI=1S/C20H20FNO4/c21-16-9-17-13(5-6-19(24)22-17)7-15(16)18(23)10-26-20(25)8-14(11-1-2-11)12-3-4-12/h7-9,11-12H,1-6,10H2,(H,22,24). The SMILES string of the molecule is O=C1CCc2cc(C(=O)COC(=O)C=C(C3CC3)C3CC3)c(F)cc2N1. The van der Waals surface area contributed by atoms with Gasteiger partial charge in [-0.3, -0.25) is 9.59 Å². The van der Waals surface area contributed by atoms with E-state index in [1.165, 1.54) is 12.1 Å². The summed E-state index contributed by atoms with van der Waals surface area (Å²) in [5, 5.41) is 2.59. The first-order valence-corrected chi connectivity index (χ1v) is 9.05. The van der Waals surface area contributed by atoms with Crippen molar-refractivity contribution in [1.29, 1.82) is 0 Å². The molecule has 0 saturated heterocycles. The maximum absolute atomic E-state index is 14.2. The number of allylic oxidation sites excluding steroid dienone is 1. The van der Waals surface area contributed by atoms with Crippen molar-refractivity contribution in [3.63, 3.8) is 0 Å². The molecule has 2 aliphatic carbocycles. The van der Waals surface area contributed by atoms with Crippen LogP contribution in [-0.2, 0) is 20.7 Å². The Morgan fingerprint density at radius 2 is 1.85 bits per heavy atom. The van der Waals surface area contributed by atoms with Crippen LogP contribution in [0.15, 0.2) is 23.8 Å². The molecule has 26 heavy (non-hydrogen) atoms. The second-order valence-electron chi connectivity index (χ2n) is 7.26. The highest BCUT2D eigenvalue weighted by Crippen LogP contribution is 2.48. The lowest BCUT2D eigenvalue weighted by Gasteiger charge is -2.17. The minimum absolute atomic E-state index is 0.110. The highest BCUT2D eigenvalue weighted by Gasteiger charge is 2.36. The second-order valence-corrected chi connectivity index (χ2v) is 7.26. The molecule has 1 aromatic rings. The van der Waals surface area contributed by atoms with Gasteiger partial charge in [-0.2, -0.15) is 0 Å². The van der Waals surface area contributed by atoms with Gasteiger partial charge in [0, 0.05) is 18.2 Å². The summed E-state index contributed by atoms with van der Waals surface area (Å²) in [7, 11) is 0. The minimum Gasteiger partial charge on any atom is -0.454 e. The van der Waals surface area contributed by atoms with Gasteiger partial charge in [-0.1, -0.05) is 5.57 Å². The third-order valence-electron chi connectivity index (χ3n) is 5.12. The summed E-state index contributed by atoms with van der Waals surface area (Å²) in [5.74, 6) is -1.00. The molecule has 1 heterocycles. The number of anilines is 1. The highest BCUT2D eigenvalue weighted by atomic mass is 19.1. The molecule has 4 rings (SSSR count). The summed E-state index contributed by atoms with van der Waals surface area (Å²) in [6, 6.07) is 2.59. The number of carbonyl (C=O) groups is 3. The Kier molecular flexibility index (Phi) is 4.34. The molecule has 1 aromatic carbocycles. The van der Waals surface area contributed by atoms with E-state index in [9.17, 15) is 18.8 Å². The molecule has 136 valence electrons. The van der Waals surface area contributed by atoms with E-state index in [0.29, 0.717) is 35.9 Å². The number of ether oxygens (including phenoxy) is 1. The van der Waals surface area contributed by atoms with Gasteiger partial charge >= 0.3 is 5.97 Å². The van der Waals surface area contributed by atoms with Gasteiger partial charge in [-0.25, -0.2) is 9.18 Å². The summed E-state index contributed by atoms with van der Waals surface area (Å²) in [5.41, 5.74) is 2.15. The summed E-state index contributed by atoms with van der Waals surface area (Å²) >= 11 is 0. The maximum Gasteiger partial charge on any atom is 0.331 e. The average molecular weight is 357 g/mol. The molecule has 0 bridgehead atoms. The van der Waals surface area contributed by atoms with Gasteiger partial charge < -0.3 is 10.1 Å². The van der Waals surface area contributed by atoms with Gasteiger partial charge in [0.25, 0.3) is 0 Å². The molecule has 2 saturated carbocycles. The van der Waals surface area contributed by atoms with Crippen LogP contribution in [0, 0.1) is 17.7 Å². The molecule has 0 atom stereocenters. The van der Waals surface area contributed by atoms with E-state index in [1.807, 2.05) is 0 Å². The predicted molar refractivity (Wildman–Crippen MR) is 92.2 cm³/mol. The molecular formula is C20H20FNO4. The number of fused-ring (bicyclic) bond motifs is 1. The molecule has 1 N–H and O–H groups in total. The molecule has 0 spiro atoms. The van der Waals surface area contributed by atoms with Crippen LogP contribution in [-0.4, -0.2) is 24.3 Å². The smallest absolute Gasteiger partial charge is 0.331 e. The van der Waals surface area contributed by atoms with Crippen LogP contribution in [0.1, 0.15) is 48.0 Å². The van der Waals surface area contributed by atoms with Crippen LogP contribution in [0.3, 0.4) is 0 Å². The van der Waals surface area contributed by atoms with Crippen molar-refractivity contribution >= 4 is 23.3 Å². The summed E-state index contributed by atoms with van der Waals surface area (Å²) < 4.78 is 19.3. The molecular weight excluding hydrogens is 337 g/mol. The minimum atomic E-state index is -0.723. The molecule has 2 fully saturated rings. The lowest BCUT2D eigenvalue weighted by Crippen LogP contribution is -2.21. The number of esters is 1. The van der Waals surface area contributed by atoms with Gasteiger partial charge in [0.05, 0.1) is 5.56 Å². The lowest BCUT2D eigenvalue weighted by atomic mass is 9.98. The largest absolute Gasteiger partial charge is 0.454 e. The fourth-order valence-electron chi connectivity index (χ4n) is 3.41. The van der Waals surface area contributed by atoms with Crippen molar-refractivity contribution < 1.29 is 23.5 Å². The van der Waals surface area contributed by atoms with Crippen LogP contribution >= 0.6 is 0 Å². The number of hydrogen-bond donors (Lipinski definition) is 1. The Hall–Kier alpha value is -2.50. The lowest BCUT2D eigenvalue weighted by molar-refractivity contribution is -0.136. The van der Waals surface area contributed by atoms with Crippen LogP contribution in [0.25, 0.3) is 0 Å². The molecule has 1 amide bonds. The number of benzene rings is 1. The summed E-state index contributed by atoms with van der Waals surface area (Å²) in [6.07, 6.45) is 6.75. The van der Waals surface area contributed by atoms with Gasteiger partial charge in [0.15, 0.2) is 6.61 Å². The molecule has 5 nitrogen and oxygen atoms in total. The number of ketones is 1. The summed E-state index contributed by atoms with van der Waals surface area (Å²) in [4.78, 5) is 35.7. The molecule has 0 radical (unpaired) electrons. The first-order valence-electron chi connectivity index (χ1n) is 9.05. The topological polar surface area (TPSA) is 72.5 Å². The van der Waals surface area contributed by atoms with E-state index < -0.39 is 24.2 Å². The molecule has 6 heteroatoms. The van der Waals surface area contributed by atoms with Crippen molar-refractivity contribution in [2.75, 3.05) is 11.9 Å². The predicted octanol–water partition coefficient (Wildman–Crippen LogP) is 3.18. The molecule has 1 aliphatic heterocycles. The Morgan fingerprint density at radius 3 is 2.50 bits per heavy atom. The fourth-order valence-corrected chi connectivity index (χ4v) is 3.41. The van der Waals surface area contributed by atoms with E-state index in [0.717, 1.165) is 37.3 Å². The Bertz CT molecular complexity index is 807. The molecule has 0 unspecified atom stereocenters. The maximum atomic E-state index is 14.2. The quantitative estimate of drug-likeness (QED) is 0.482. The number of rotatable bonds is 6. The first-order chi connectivity index (χ1) is 12.5. The Morgan fingerprint density at radius 1 is 1.15 bits per heavy atom. The van der Waals surface area contributed by atoms with Crippen molar-refractivity contribution in [3.8, 4) is 0 Å².